The fourth-order valence-electron chi connectivity index (χ4n) is 2.24. The summed E-state index contributed by atoms with van der Waals surface area (Å²) in [7, 11) is 0. The van der Waals surface area contributed by atoms with E-state index in [0.717, 1.165) is 12.8 Å². The van der Waals surface area contributed by atoms with E-state index in [0.29, 0.717) is 6.54 Å². The molecule has 0 aromatic carbocycles. The molecule has 1 rings (SSSR count). The first-order valence-corrected chi connectivity index (χ1v) is 5.78. The zero-order valence-corrected chi connectivity index (χ0v) is 10.3. The highest BCUT2D eigenvalue weighted by atomic mass is 16.4. The number of rotatable bonds is 4. The van der Waals surface area contributed by atoms with Gasteiger partial charge in [0.25, 0.3) is 5.91 Å². The molecule has 1 aliphatic heterocycles. The molecule has 1 heterocycles. The summed E-state index contributed by atoms with van der Waals surface area (Å²) in [6.45, 7) is 5.26. The molecule has 1 aliphatic rings. The minimum Gasteiger partial charge on any atom is -0.465 e. The quantitative estimate of drug-likeness (QED) is 0.696. The Hall–Kier alpha value is -1.92. The van der Waals surface area contributed by atoms with E-state index in [1.54, 1.807) is 0 Å². The number of nitrogens with zero attached hydrogens (tertiary/aromatic N) is 2. The number of amides is 3. The van der Waals surface area contributed by atoms with Gasteiger partial charge in [0.15, 0.2) is 0 Å². The number of nitrogens with one attached hydrogen (secondary N) is 1. The molecule has 0 bridgehead atoms. The highest BCUT2D eigenvalue weighted by Crippen LogP contribution is 2.27. The zero-order chi connectivity index (χ0) is 13.7. The van der Waals surface area contributed by atoms with Crippen LogP contribution in [-0.2, 0) is 9.59 Å². The number of hydrogen-bond donors (Lipinski definition) is 2. The predicted octanol–water partition coefficient (Wildman–Crippen LogP) is 0.108. The zero-order valence-electron chi connectivity index (χ0n) is 10.3. The highest BCUT2D eigenvalue weighted by molar-refractivity contribution is 5.92. The van der Waals surface area contributed by atoms with Gasteiger partial charge in [-0.2, -0.15) is 0 Å². The summed E-state index contributed by atoms with van der Waals surface area (Å²) in [6.07, 6.45) is 0.225. The van der Waals surface area contributed by atoms with Crippen LogP contribution in [0, 0.1) is 5.92 Å². The van der Waals surface area contributed by atoms with E-state index in [4.69, 9.17) is 5.11 Å². The number of carbonyl (C=O) groups excluding carboxylic acids is 2. The summed E-state index contributed by atoms with van der Waals surface area (Å²) in [5, 5.41) is 10.4. The van der Waals surface area contributed by atoms with Crippen molar-refractivity contribution >= 4 is 24.6 Å². The first-order chi connectivity index (χ1) is 8.51. The minimum absolute atomic E-state index is 0.0665. The highest BCUT2D eigenvalue weighted by Gasteiger charge is 2.40. The van der Waals surface area contributed by atoms with E-state index in [2.05, 4.69) is 11.7 Å². The van der Waals surface area contributed by atoms with Crippen LogP contribution >= 0.6 is 0 Å². The Morgan fingerprint density at radius 1 is 1.50 bits per heavy atom. The molecule has 100 valence electrons. The Labute approximate surface area is 105 Å². The Bertz CT molecular complexity index is 369. The number of hydrogen-bond acceptors (Lipinski definition) is 3. The van der Waals surface area contributed by atoms with Crippen molar-refractivity contribution in [1.29, 1.82) is 0 Å². The van der Waals surface area contributed by atoms with Crippen molar-refractivity contribution in [2.45, 2.75) is 25.8 Å². The molecule has 3 amide bonds. The monoisotopic (exact) mass is 255 g/mol. The minimum atomic E-state index is -1.26. The van der Waals surface area contributed by atoms with Crippen molar-refractivity contribution in [2.75, 3.05) is 13.1 Å². The number of carboxylic acid groups (broad SMARTS) is 1. The van der Waals surface area contributed by atoms with Crippen LogP contribution in [0.3, 0.4) is 0 Å². The van der Waals surface area contributed by atoms with Crippen molar-refractivity contribution in [1.82, 2.24) is 10.2 Å². The van der Waals surface area contributed by atoms with Gasteiger partial charge in [0.1, 0.15) is 12.6 Å². The summed E-state index contributed by atoms with van der Waals surface area (Å²) in [6, 6.07) is -0.601. The van der Waals surface area contributed by atoms with Gasteiger partial charge in [-0.1, -0.05) is 13.3 Å². The number of likely N-dealkylation sites (tertiary alicyclic amines) is 1. The van der Waals surface area contributed by atoms with Gasteiger partial charge in [0.2, 0.25) is 5.91 Å². The Balaban J connectivity index is 2.74. The molecule has 0 saturated carbocycles. The van der Waals surface area contributed by atoms with E-state index >= 15 is 0 Å². The second-order valence-electron chi connectivity index (χ2n) is 4.14. The van der Waals surface area contributed by atoms with Gasteiger partial charge >= 0.3 is 6.09 Å². The fourth-order valence-corrected chi connectivity index (χ4v) is 2.24. The average Bonchev–Trinajstić information content (AvgIpc) is 2.78. The van der Waals surface area contributed by atoms with Crippen molar-refractivity contribution in [3.05, 3.63) is 0 Å². The maximum Gasteiger partial charge on any atom is 0.405 e. The molecule has 7 heteroatoms. The SMILES string of the molecule is C=NC(=O)C1C(CC)CCN1C(=O)CNC(=O)O. The van der Waals surface area contributed by atoms with Crippen LogP contribution in [0.2, 0.25) is 0 Å². The topological polar surface area (TPSA) is 99.1 Å². The van der Waals surface area contributed by atoms with Gasteiger partial charge in [0.05, 0.1) is 0 Å². The molecule has 18 heavy (non-hydrogen) atoms. The summed E-state index contributed by atoms with van der Waals surface area (Å²) in [5.74, 6) is -0.768. The molecular weight excluding hydrogens is 238 g/mol. The van der Waals surface area contributed by atoms with Crippen LogP contribution in [0.1, 0.15) is 19.8 Å². The van der Waals surface area contributed by atoms with Crippen LogP contribution < -0.4 is 5.32 Å². The van der Waals surface area contributed by atoms with Gasteiger partial charge in [0, 0.05) is 6.54 Å². The van der Waals surface area contributed by atoms with Crippen molar-refractivity contribution in [3.8, 4) is 0 Å². The molecule has 0 aromatic rings. The lowest BCUT2D eigenvalue weighted by Gasteiger charge is -2.24. The van der Waals surface area contributed by atoms with Crippen LogP contribution in [0.25, 0.3) is 0 Å². The maximum atomic E-state index is 11.8. The molecule has 1 fully saturated rings. The molecule has 0 spiro atoms. The lowest BCUT2D eigenvalue weighted by Crippen LogP contribution is -2.46. The molecule has 0 aromatic heterocycles. The van der Waals surface area contributed by atoms with E-state index in [-0.39, 0.29) is 12.5 Å². The molecule has 0 aliphatic carbocycles. The number of aliphatic imine (C=N–C) groups is 1. The normalized spacial score (nSPS) is 22.6. The predicted molar refractivity (Wildman–Crippen MR) is 64.5 cm³/mol. The van der Waals surface area contributed by atoms with Gasteiger partial charge in [-0.15, -0.1) is 0 Å². The van der Waals surface area contributed by atoms with E-state index in [1.165, 1.54) is 4.90 Å². The van der Waals surface area contributed by atoms with Crippen molar-refractivity contribution < 1.29 is 19.5 Å². The molecule has 1 saturated heterocycles. The van der Waals surface area contributed by atoms with Crippen LogP contribution in [0.5, 0.6) is 0 Å². The van der Waals surface area contributed by atoms with Gasteiger partial charge in [-0.25, -0.2) is 9.79 Å². The first-order valence-electron chi connectivity index (χ1n) is 5.78. The van der Waals surface area contributed by atoms with E-state index in [1.807, 2.05) is 12.2 Å². The average molecular weight is 255 g/mol. The van der Waals surface area contributed by atoms with Crippen molar-refractivity contribution in [2.24, 2.45) is 10.9 Å². The molecule has 0 radical (unpaired) electrons. The third kappa shape index (κ3) is 3.06. The first kappa shape index (κ1) is 14.1. The summed E-state index contributed by atoms with van der Waals surface area (Å²) >= 11 is 0. The summed E-state index contributed by atoms with van der Waals surface area (Å²) in [4.78, 5) is 38.6. The standard InChI is InChI=1S/C11H17N3O4/c1-3-7-4-5-14(9(7)10(16)12-2)8(15)6-13-11(17)18/h7,9,13H,2-6H2,1H3,(H,17,18). The third-order valence-corrected chi connectivity index (χ3v) is 3.17. The largest absolute Gasteiger partial charge is 0.465 e. The Kier molecular flexibility index (Phi) is 4.82. The van der Waals surface area contributed by atoms with Crippen molar-refractivity contribution in [3.63, 3.8) is 0 Å². The fraction of sp³-hybridized carbons (Fsp3) is 0.636. The summed E-state index contributed by atoms with van der Waals surface area (Å²) < 4.78 is 0. The van der Waals surface area contributed by atoms with Gasteiger partial charge in [-0.3, -0.25) is 9.59 Å². The molecule has 2 unspecified atom stereocenters. The molecule has 2 atom stereocenters. The second kappa shape index (κ2) is 6.13. The molecule has 7 nitrogen and oxygen atoms in total. The van der Waals surface area contributed by atoms with Gasteiger partial charge in [-0.05, 0) is 19.1 Å². The van der Waals surface area contributed by atoms with E-state index in [9.17, 15) is 14.4 Å². The van der Waals surface area contributed by atoms with Crippen LogP contribution in [0.15, 0.2) is 4.99 Å². The maximum absolute atomic E-state index is 11.8. The molecule has 2 N–H and O–H groups in total. The Morgan fingerprint density at radius 2 is 2.17 bits per heavy atom. The van der Waals surface area contributed by atoms with Gasteiger partial charge < -0.3 is 15.3 Å². The third-order valence-electron chi connectivity index (χ3n) is 3.17. The lowest BCUT2D eigenvalue weighted by atomic mass is 9.97. The number of carbonyl (C=O) groups is 3. The van der Waals surface area contributed by atoms with E-state index < -0.39 is 23.9 Å². The second-order valence-corrected chi connectivity index (χ2v) is 4.14. The summed E-state index contributed by atoms with van der Waals surface area (Å²) in [5.41, 5.74) is 0. The van der Waals surface area contributed by atoms with Crippen LogP contribution in [-0.4, -0.2) is 53.8 Å². The lowest BCUT2D eigenvalue weighted by molar-refractivity contribution is -0.137. The van der Waals surface area contributed by atoms with Crippen LogP contribution in [0.4, 0.5) is 4.79 Å². The Morgan fingerprint density at radius 3 is 2.67 bits per heavy atom. The smallest absolute Gasteiger partial charge is 0.405 e. The molecular formula is C11H17N3O4.